The van der Waals surface area contributed by atoms with Gasteiger partial charge in [-0.2, -0.15) is 18.3 Å². The highest BCUT2D eigenvalue weighted by molar-refractivity contribution is 7.09. The molecule has 0 aromatic carbocycles. The number of alkyl halides is 3. The lowest BCUT2D eigenvalue weighted by molar-refractivity contribution is -0.175. The first-order chi connectivity index (χ1) is 14.2. The summed E-state index contributed by atoms with van der Waals surface area (Å²) in [6.45, 7) is 4.82. The third-order valence-corrected chi connectivity index (χ3v) is 7.09. The molecule has 5 nitrogen and oxygen atoms in total. The molecule has 4 heterocycles. The van der Waals surface area contributed by atoms with E-state index in [0.717, 1.165) is 17.5 Å². The molecule has 30 heavy (non-hydrogen) atoms. The van der Waals surface area contributed by atoms with Gasteiger partial charge in [0.15, 0.2) is 6.04 Å². The summed E-state index contributed by atoms with van der Waals surface area (Å²) in [5.74, 6) is 0.372. The Morgan fingerprint density at radius 1 is 1.43 bits per heavy atom. The van der Waals surface area contributed by atoms with Gasteiger partial charge in [-0.05, 0) is 50.0 Å². The number of anilines is 1. The minimum Gasteiger partial charge on any atom is -0.367 e. The average Bonchev–Trinajstić information content (AvgIpc) is 3.34. The van der Waals surface area contributed by atoms with Crippen molar-refractivity contribution in [3.05, 3.63) is 34.2 Å². The van der Waals surface area contributed by atoms with Crippen molar-refractivity contribution in [1.82, 2.24) is 14.7 Å². The zero-order valence-electron chi connectivity index (χ0n) is 17.2. The molecule has 2 aromatic rings. The molecular weight excluding hydrogens is 413 g/mol. The summed E-state index contributed by atoms with van der Waals surface area (Å²) in [6.07, 6.45) is -2.08. The van der Waals surface area contributed by atoms with Crippen LogP contribution in [0.4, 0.5) is 19.0 Å². The lowest BCUT2D eigenvalue weighted by atomic mass is 9.85. The Hall–Kier alpha value is -2.03. The predicted molar refractivity (Wildman–Crippen MR) is 111 cm³/mol. The van der Waals surface area contributed by atoms with E-state index in [1.807, 2.05) is 29.3 Å². The number of fused-ring (bicyclic) bond motifs is 1. The maximum atomic E-state index is 13.7. The zero-order chi connectivity index (χ0) is 21.5. The number of rotatable bonds is 4. The van der Waals surface area contributed by atoms with Gasteiger partial charge < -0.3 is 10.2 Å². The highest BCUT2D eigenvalue weighted by atomic mass is 32.1. The third kappa shape index (κ3) is 4.36. The molecule has 164 valence electrons. The first-order valence-electron chi connectivity index (χ1n) is 10.4. The van der Waals surface area contributed by atoms with E-state index < -0.39 is 12.2 Å². The zero-order valence-corrected chi connectivity index (χ0v) is 18.0. The molecule has 2 unspecified atom stereocenters. The van der Waals surface area contributed by atoms with Crippen LogP contribution in [0, 0.1) is 18.8 Å². The molecule has 0 saturated carbocycles. The summed E-state index contributed by atoms with van der Waals surface area (Å²) in [4.78, 5) is 16.0. The average molecular weight is 441 g/mol. The number of likely N-dealkylation sites (tertiary alicyclic amines) is 1. The van der Waals surface area contributed by atoms with Gasteiger partial charge in [0.05, 0.1) is 5.69 Å². The van der Waals surface area contributed by atoms with E-state index in [0.29, 0.717) is 31.0 Å². The first-order valence-corrected chi connectivity index (χ1v) is 11.3. The van der Waals surface area contributed by atoms with Crippen LogP contribution in [0.1, 0.15) is 42.8 Å². The molecule has 0 aliphatic carbocycles. The molecule has 2 aromatic heterocycles. The molecule has 4 rings (SSSR count). The van der Waals surface area contributed by atoms with Crippen LogP contribution in [-0.2, 0) is 11.2 Å². The van der Waals surface area contributed by atoms with Gasteiger partial charge >= 0.3 is 6.18 Å². The van der Waals surface area contributed by atoms with Gasteiger partial charge in [0.1, 0.15) is 5.82 Å². The van der Waals surface area contributed by atoms with E-state index in [4.69, 9.17) is 0 Å². The monoisotopic (exact) mass is 440 g/mol. The fourth-order valence-electron chi connectivity index (χ4n) is 4.70. The lowest BCUT2D eigenvalue weighted by Gasteiger charge is -2.42. The summed E-state index contributed by atoms with van der Waals surface area (Å²) in [6, 6.07) is 3.72. The quantitative estimate of drug-likeness (QED) is 0.753. The molecule has 1 N–H and O–H groups in total. The van der Waals surface area contributed by atoms with Crippen molar-refractivity contribution in [3.8, 4) is 0 Å². The second-order valence-corrected chi connectivity index (χ2v) is 9.56. The number of carbonyl (C=O) groups excluding carboxylic acids is 1. The summed E-state index contributed by atoms with van der Waals surface area (Å²) < 4.78 is 42.2. The number of aromatic nitrogens is 2. The normalized spacial score (nSPS) is 25.5. The number of thiophene rings is 1. The lowest BCUT2D eigenvalue weighted by Crippen LogP contribution is -2.50. The van der Waals surface area contributed by atoms with Crippen molar-refractivity contribution in [3.63, 3.8) is 0 Å². The maximum Gasteiger partial charge on any atom is 0.410 e. The van der Waals surface area contributed by atoms with E-state index in [1.54, 1.807) is 24.3 Å². The topological polar surface area (TPSA) is 50.2 Å². The van der Waals surface area contributed by atoms with Crippen LogP contribution in [-0.4, -0.2) is 45.9 Å². The number of aryl methyl sites for hydroxylation is 1. The molecule has 0 bridgehead atoms. The largest absolute Gasteiger partial charge is 0.410 e. The second kappa shape index (κ2) is 8.24. The van der Waals surface area contributed by atoms with Crippen molar-refractivity contribution < 1.29 is 18.0 Å². The smallest absolute Gasteiger partial charge is 0.367 e. The summed E-state index contributed by atoms with van der Waals surface area (Å²) in [7, 11) is 0. The first kappa shape index (κ1) is 21.2. The van der Waals surface area contributed by atoms with Crippen LogP contribution in [0.2, 0.25) is 0 Å². The van der Waals surface area contributed by atoms with E-state index in [1.165, 1.54) is 4.88 Å². The Morgan fingerprint density at radius 2 is 2.23 bits per heavy atom. The van der Waals surface area contributed by atoms with Crippen LogP contribution in [0.15, 0.2) is 23.6 Å². The molecule has 1 saturated heterocycles. The number of piperidine rings is 1. The Labute approximate surface area is 178 Å². The van der Waals surface area contributed by atoms with Crippen molar-refractivity contribution in [2.75, 3.05) is 18.4 Å². The highest BCUT2D eigenvalue weighted by Crippen LogP contribution is 2.42. The summed E-state index contributed by atoms with van der Waals surface area (Å²) in [5, 5.41) is 9.33. The summed E-state index contributed by atoms with van der Waals surface area (Å²) in [5.41, 5.74) is 0.565. The van der Waals surface area contributed by atoms with Crippen LogP contribution < -0.4 is 5.32 Å². The third-order valence-electron chi connectivity index (χ3n) is 6.19. The Bertz CT molecular complexity index is 879. The van der Waals surface area contributed by atoms with Gasteiger partial charge in [-0.25, -0.2) is 4.68 Å². The highest BCUT2D eigenvalue weighted by Gasteiger charge is 2.48. The van der Waals surface area contributed by atoms with E-state index in [-0.39, 0.29) is 30.2 Å². The number of nitrogens with zero attached hydrogens (tertiary/aromatic N) is 3. The predicted octanol–water partition coefficient (Wildman–Crippen LogP) is 4.66. The minimum atomic E-state index is -4.35. The molecular formula is C21H27F3N4OS. The van der Waals surface area contributed by atoms with E-state index >= 15 is 0 Å². The van der Waals surface area contributed by atoms with Gasteiger partial charge in [-0.1, -0.05) is 13.0 Å². The standard InChI is InChI=1S/C21H27F3N4OS/c1-13(9-16-6-4-8-30-16)20(29)27-7-3-5-15(12-27)17-11-18(21(22,23)24)28-19(25-17)10-14(2)26-28/h4,6,8,10,13,15,17-18,25H,3,5,7,9,11-12H2,1-2H3/t13?,15?,17-,18+/m0/s1. The molecule has 2 aliphatic rings. The van der Waals surface area contributed by atoms with E-state index in [2.05, 4.69) is 10.4 Å². The van der Waals surface area contributed by atoms with Gasteiger partial charge in [0.25, 0.3) is 0 Å². The SMILES string of the molecule is Cc1cc2n(n1)[C@@H](C(F)(F)F)C[C@@H](C1CCCN(C(=O)C(C)Cc3cccs3)C1)N2. The Balaban J connectivity index is 1.46. The van der Waals surface area contributed by atoms with Crippen molar-refractivity contribution >= 4 is 23.1 Å². The Kier molecular flexibility index (Phi) is 5.83. The number of nitrogens with one attached hydrogen (secondary N) is 1. The van der Waals surface area contributed by atoms with Crippen molar-refractivity contribution in [2.45, 2.75) is 57.8 Å². The molecule has 2 aliphatic heterocycles. The molecule has 0 spiro atoms. The van der Waals surface area contributed by atoms with Crippen molar-refractivity contribution in [2.24, 2.45) is 11.8 Å². The fourth-order valence-corrected chi connectivity index (χ4v) is 5.54. The Morgan fingerprint density at radius 3 is 2.93 bits per heavy atom. The molecule has 1 fully saturated rings. The van der Waals surface area contributed by atoms with Gasteiger partial charge in [-0.15, -0.1) is 11.3 Å². The fraction of sp³-hybridized carbons (Fsp3) is 0.619. The van der Waals surface area contributed by atoms with E-state index in [9.17, 15) is 18.0 Å². The number of hydrogen-bond acceptors (Lipinski definition) is 4. The molecule has 9 heteroatoms. The summed E-state index contributed by atoms with van der Waals surface area (Å²) >= 11 is 1.64. The molecule has 0 radical (unpaired) electrons. The number of carbonyl (C=O) groups is 1. The number of hydrogen-bond donors (Lipinski definition) is 1. The van der Waals surface area contributed by atoms with Crippen LogP contribution in [0.5, 0.6) is 0 Å². The maximum absolute atomic E-state index is 13.7. The van der Waals surface area contributed by atoms with Crippen LogP contribution in [0.25, 0.3) is 0 Å². The van der Waals surface area contributed by atoms with Crippen LogP contribution in [0.3, 0.4) is 0 Å². The minimum absolute atomic E-state index is 0.00885. The van der Waals surface area contributed by atoms with Crippen LogP contribution >= 0.6 is 11.3 Å². The van der Waals surface area contributed by atoms with Crippen molar-refractivity contribution in [1.29, 1.82) is 0 Å². The molecule has 1 amide bonds. The van der Waals surface area contributed by atoms with Gasteiger partial charge in [-0.3, -0.25) is 4.79 Å². The molecule has 4 atom stereocenters. The second-order valence-electron chi connectivity index (χ2n) is 8.53. The number of halogens is 3. The number of amides is 1. The van der Waals surface area contributed by atoms with Gasteiger partial charge in [0, 0.05) is 36.0 Å². The van der Waals surface area contributed by atoms with Gasteiger partial charge in [0.2, 0.25) is 5.91 Å².